The molecule has 0 unspecified atom stereocenters. The zero-order valence-electron chi connectivity index (χ0n) is 11.1. The Balaban J connectivity index is 3.44. The summed E-state index contributed by atoms with van der Waals surface area (Å²) in [6.07, 6.45) is -2.90. The second kappa shape index (κ2) is 3.75. The molecule has 0 bridgehead atoms. The number of hydrogen-bond donors (Lipinski definition) is 0. The van der Waals surface area contributed by atoms with E-state index in [9.17, 15) is 13.2 Å². The zero-order chi connectivity index (χ0) is 13.6. The van der Waals surface area contributed by atoms with Crippen LogP contribution in [0.25, 0.3) is 0 Å². The Labute approximate surface area is 99.8 Å². The van der Waals surface area contributed by atoms with E-state index in [0.717, 1.165) is 0 Å². The summed E-state index contributed by atoms with van der Waals surface area (Å²) >= 11 is 0. The fourth-order valence-corrected chi connectivity index (χ4v) is 1.48. The summed E-state index contributed by atoms with van der Waals surface area (Å²) in [5, 5.41) is 3.71. The van der Waals surface area contributed by atoms with Crippen LogP contribution in [0.5, 0.6) is 0 Å². The molecule has 0 saturated carbocycles. The lowest BCUT2D eigenvalue weighted by molar-refractivity contribution is -0.142. The van der Waals surface area contributed by atoms with Crippen LogP contribution in [0.2, 0.25) is 0 Å². The van der Waals surface area contributed by atoms with E-state index in [1.54, 1.807) is 20.8 Å². The lowest BCUT2D eigenvalue weighted by atomic mass is 9.87. The van der Waals surface area contributed by atoms with Gasteiger partial charge in [-0.1, -0.05) is 20.8 Å². The van der Waals surface area contributed by atoms with Gasteiger partial charge in [-0.15, -0.1) is 0 Å². The predicted octanol–water partition coefficient (Wildman–Crippen LogP) is 3.95. The molecular formula is C12H19F3N2. The molecule has 0 saturated heterocycles. The van der Waals surface area contributed by atoms with E-state index in [0.29, 0.717) is 0 Å². The van der Waals surface area contributed by atoms with E-state index in [1.807, 2.05) is 20.8 Å². The van der Waals surface area contributed by atoms with Gasteiger partial charge in [-0.25, -0.2) is 0 Å². The highest BCUT2D eigenvalue weighted by Gasteiger charge is 2.40. The Morgan fingerprint density at radius 3 is 1.71 bits per heavy atom. The van der Waals surface area contributed by atoms with Crippen molar-refractivity contribution in [2.75, 3.05) is 0 Å². The van der Waals surface area contributed by atoms with Gasteiger partial charge in [-0.2, -0.15) is 18.3 Å². The molecule has 98 valence electrons. The molecule has 0 fully saturated rings. The van der Waals surface area contributed by atoms with Crippen LogP contribution in [0, 0.1) is 0 Å². The molecule has 17 heavy (non-hydrogen) atoms. The largest absolute Gasteiger partial charge is 0.435 e. The van der Waals surface area contributed by atoms with Crippen LogP contribution in [0.3, 0.4) is 0 Å². The van der Waals surface area contributed by atoms with Gasteiger partial charge in [-0.05, 0) is 26.2 Å². The molecule has 0 spiro atoms. The molecule has 1 aromatic rings. The smallest absolute Gasteiger partial charge is 0.267 e. The van der Waals surface area contributed by atoms with Crippen molar-refractivity contribution < 1.29 is 13.2 Å². The van der Waals surface area contributed by atoms with Crippen molar-refractivity contribution in [3.63, 3.8) is 0 Å². The first-order valence-corrected chi connectivity index (χ1v) is 5.51. The highest BCUT2D eigenvalue weighted by atomic mass is 19.4. The minimum Gasteiger partial charge on any atom is -0.267 e. The first-order valence-electron chi connectivity index (χ1n) is 5.51. The molecule has 5 heteroatoms. The minimum atomic E-state index is -4.40. The molecule has 0 aromatic carbocycles. The third-order valence-corrected chi connectivity index (χ3v) is 2.48. The second-order valence-electron chi connectivity index (χ2n) is 6.25. The second-order valence-corrected chi connectivity index (χ2v) is 6.25. The fraction of sp³-hybridized carbons (Fsp3) is 0.750. The molecule has 2 nitrogen and oxygen atoms in total. The fourth-order valence-electron chi connectivity index (χ4n) is 1.48. The summed E-state index contributed by atoms with van der Waals surface area (Å²) in [6, 6.07) is 0. The third kappa shape index (κ3) is 3.01. The van der Waals surface area contributed by atoms with Gasteiger partial charge in [0.25, 0.3) is 0 Å². The molecule has 0 aliphatic rings. The van der Waals surface area contributed by atoms with Crippen molar-refractivity contribution in [1.82, 2.24) is 9.78 Å². The molecule has 0 amide bonds. The third-order valence-electron chi connectivity index (χ3n) is 2.48. The number of hydrogen-bond acceptors (Lipinski definition) is 1. The van der Waals surface area contributed by atoms with Crippen molar-refractivity contribution in [3.05, 3.63) is 17.5 Å². The zero-order valence-corrected chi connectivity index (χ0v) is 11.1. The Bertz CT molecular complexity index is 371. The molecule has 0 atom stereocenters. The average molecular weight is 248 g/mol. The van der Waals surface area contributed by atoms with Crippen molar-refractivity contribution in [3.8, 4) is 0 Å². The van der Waals surface area contributed by atoms with Crippen LogP contribution in [0.1, 0.15) is 52.8 Å². The standard InChI is InChI=1S/C12H19F3N2/c1-10(2,3)8-7-17(11(4,5)6)16-9(8)12(13,14)15/h7H,1-6H3. The topological polar surface area (TPSA) is 17.8 Å². The molecule has 1 heterocycles. The molecule has 0 N–H and O–H groups in total. The number of rotatable bonds is 0. The minimum absolute atomic E-state index is 0.236. The number of halogens is 3. The van der Waals surface area contributed by atoms with Gasteiger partial charge in [0.1, 0.15) is 0 Å². The van der Waals surface area contributed by atoms with Crippen LogP contribution in [0.4, 0.5) is 13.2 Å². The Kier molecular flexibility index (Phi) is 3.10. The van der Waals surface area contributed by atoms with E-state index in [4.69, 9.17) is 0 Å². The lowest BCUT2D eigenvalue weighted by Crippen LogP contribution is -2.23. The molecule has 1 rings (SSSR count). The lowest BCUT2D eigenvalue weighted by Gasteiger charge is -2.20. The molecule has 0 aliphatic heterocycles. The van der Waals surface area contributed by atoms with E-state index < -0.39 is 22.8 Å². The Morgan fingerprint density at radius 1 is 1.00 bits per heavy atom. The maximum Gasteiger partial charge on any atom is 0.435 e. The van der Waals surface area contributed by atoms with Crippen LogP contribution in [-0.2, 0) is 17.1 Å². The molecule has 1 aromatic heterocycles. The Hall–Kier alpha value is -1.00. The van der Waals surface area contributed by atoms with Gasteiger partial charge in [0, 0.05) is 11.8 Å². The monoisotopic (exact) mass is 248 g/mol. The first kappa shape index (κ1) is 14.1. The van der Waals surface area contributed by atoms with Gasteiger partial charge in [0.05, 0.1) is 5.54 Å². The van der Waals surface area contributed by atoms with Gasteiger partial charge < -0.3 is 0 Å². The van der Waals surface area contributed by atoms with Crippen LogP contribution < -0.4 is 0 Å². The number of aromatic nitrogens is 2. The Morgan fingerprint density at radius 2 is 1.47 bits per heavy atom. The van der Waals surface area contributed by atoms with Gasteiger partial charge in [0.2, 0.25) is 0 Å². The molecular weight excluding hydrogens is 229 g/mol. The van der Waals surface area contributed by atoms with Crippen molar-refractivity contribution in [2.24, 2.45) is 0 Å². The van der Waals surface area contributed by atoms with Gasteiger partial charge >= 0.3 is 6.18 Å². The highest BCUT2D eigenvalue weighted by molar-refractivity contribution is 5.28. The van der Waals surface area contributed by atoms with Crippen LogP contribution in [-0.4, -0.2) is 9.78 Å². The summed E-state index contributed by atoms with van der Waals surface area (Å²) in [5.74, 6) is 0. The maximum absolute atomic E-state index is 12.9. The van der Waals surface area contributed by atoms with Crippen LogP contribution in [0.15, 0.2) is 6.20 Å². The normalized spacial score (nSPS) is 14.2. The van der Waals surface area contributed by atoms with Crippen molar-refractivity contribution in [2.45, 2.75) is 58.7 Å². The van der Waals surface area contributed by atoms with Gasteiger partial charge in [-0.3, -0.25) is 4.68 Å². The maximum atomic E-state index is 12.9. The molecule has 0 aliphatic carbocycles. The first-order chi connectivity index (χ1) is 7.33. The summed E-state index contributed by atoms with van der Waals surface area (Å²) < 4.78 is 40.1. The highest BCUT2D eigenvalue weighted by Crippen LogP contribution is 2.37. The summed E-state index contributed by atoms with van der Waals surface area (Å²) in [4.78, 5) is 0. The van der Waals surface area contributed by atoms with E-state index in [-0.39, 0.29) is 5.56 Å². The van der Waals surface area contributed by atoms with E-state index in [2.05, 4.69) is 5.10 Å². The summed E-state index contributed by atoms with van der Waals surface area (Å²) in [6.45, 7) is 10.7. The summed E-state index contributed by atoms with van der Waals surface area (Å²) in [7, 11) is 0. The van der Waals surface area contributed by atoms with Crippen LogP contribution >= 0.6 is 0 Å². The quantitative estimate of drug-likeness (QED) is 0.679. The van der Waals surface area contributed by atoms with E-state index in [1.165, 1.54) is 10.9 Å². The number of alkyl halides is 3. The van der Waals surface area contributed by atoms with E-state index >= 15 is 0 Å². The van der Waals surface area contributed by atoms with Gasteiger partial charge in [0.15, 0.2) is 5.69 Å². The SMILES string of the molecule is CC(C)(C)c1cn(C(C)(C)C)nc1C(F)(F)F. The average Bonchev–Trinajstić information content (AvgIpc) is 2.42. The summed E-state index contributed by atoms with van der Waals surface area (Å²) in [5.41, 5.74) is -1.57. The number of nitrogens with zero attached hydrogens (tertiary/aromatic N) is 2. The van der Waals surface area contributed by atoms with Crippen molar-refractivity contribution in [1.29, 1.82) is 0 Å². The predicted molar refractivity (Wildman–Crippen MR) is 60.9 cm³/mol. The van der Waals surface area contributed by atoms with Crippen molar-refractivity contribution >= 4 is 0 Å². The molecule has 0 radical (unpaired) electrons.